The molecule has 2 aromatic rings. The van der Waals surface area contributed by atoms with Crippen LogP contribution >= 0.6 is 0 Å². The van der Waals surface area contributed by atoms with Crippen LogP contribution in [-0.4, -0.2) is 13.0 Å². The van der Waals surface area contributed by atoms with Crippen LogP contribution in [0.2, 0.25) is 0 Å². The fraction of sp³-hybridized carbons (Fsp3) is 0.0769. The number of halogens is 1. The van der Waals surface area contributed by atoms with Crippen LogP contribution in [0.1, 0.15) is 17.2 Å². The minimum atomic E-state index is -4.62. The molecule has 100 valence electrons. The molecule has 1 N–H and O–H groups in total. The van der Waals surface area contributed by atoms with Gasteiger partial charge in [0, 0.05) is 0 Å². The molecule has 19 heavy (non-hydrogen) atoms. The fourth-order valence-corrected chi connectivity index (χ4v) is 2.16. The Kier molecular flexibility index (Phi) is 3.94. The summed E-state index contributed by atoms with van der Waals surface area (Å²) in [6, 6.07) is 13.7. The topological polar surface area (TPSA) is 63.6 Å². The minimum absolute atomic E-state index is 0.422. The van der Waals surface area contributed by atoms with Gasteiger partial charge in [-0.2, -0.15) is 8.42 Å². The lowest BCUT2D eigenvalue weighted by Crippen LogP contribution is -2.12. The van der Waals surface area contributed by atoms with E-state index in [1.807, 2.05) is 0 Å². The van der Waals surface area contributed by atoms with Crippen molar-refractivity contribution in [3.8, 4) is 0 Å². The van der Waals surface area contributed by atoms with E-state index in [2.05, 4.69) is 4.18 Å². The summed E-state index contributed by atoms with van der Waals surface area (Å²) in [5.41, 5.74) is 0.956. The van der Waals surface area contributed by atoms with Crippen molar-refractivity contribution in [2.24, 2.45) is 0 Å². The lowest BCUT2D eigenvalue weighted by atomic mass is 10.0. The monoisotopic (exact) mass is 282 g/mol. The maximum absolute atomic E-state index is 12.9. The minimum Gasteiger partial charge on any atom is -0.264 e. The van der Waals surface area contributed by atoms with Gasteiger partial charge in [0.05, 0.1) is 0 Å². The molecule has 0 radical (unpaired) electrons. The first kappa shape index (κ1) is 13.7. The molecular formula is C13H11FO4S. The number of rotatable bonds is 4. The summed E-state index contributed by atoms with van der Waals surface area (Å²) >= 11 is 0. The third-order valence-corrected chi connectivity index (χ3v) is 2.93. The van der Waals surface area contributed by atoms with Crippen molar-refractivity contribution < 1.29 is 21.5 Å². The molecule has 0 aliphatic heterocycles. The summed E-state index contributed by atoms with van der Waals surface area (Å²) in [4.78, 5) is 0. The summed E-state index contributed by atoms with van der Waals surface area (Å²) in [5, 5.41) is 0. The molecule has 1 atom stereocenters. The summed E-state index contributed by atoms with van der Waals surface area (Å²) in [6.07, 6.45) is -1.02. The van der Waals surface area contributed by atoms with Crippen molar-refractivity contribution in [2.45, 2.75) is 6.10 Å². The molecule has 0 aliphatic carbocycles. The highest BCUT2D eigenvalue weighted by molar-refractivity contribution is 7.80. The first-order chi connectivity index (χ1) is 8.96. The van der Waals surface area contributed by atoms with Crippen LogP contribution in [0.15, 0.2) is 54.6 Å². The molecule has 0 bridgehead atoms. The van der Waals surface area contributed by atoms with E-state index < -0.39 is 22.3 Å². The zero-order valence-electron chi connectivity index (χ0n) is 9.73. The van der Waals surface area contributed by atoms with E-state index >= 15 is 0 Å². The van der Waals surface area contributed by atoms with Crippen molar-refractivity contribution in [3.05, 3.63) is 71.5 Å². The van der Waals surface area contributed by atoms with E-state index in [0.29, 0.717) is 11.1 Å². The molecule has 0 fully saturated rings. The maximum atomic E-state index is 12.9. The predicted molar refractivity (Wildman–Crippen MR) is 67.3 cm³/mol. The molecule has 0 amide bonds. The summed E-state index contributed by atoms with van der Waals surface area (Å²) in [5.74, 6) is -0.442. The van der Waals surface area contributed by atoms with Crippen molar-refractivity contribution in [2.75, 3.05) is 0 Å². The van der Waals surface area contributed by atoms with E-state index in [1.54, 1.807) is 30.3 Å². The average Bonchev–Trinajstić information content (AvgIpc) is 2.37. The highest BCUT2D eigenvalue weighted by Gasteiger charge is 2.21. The van der Waals surface area contributed by atoms with Gasteiger partial charge in [0.1, 0.15) is 11.9 Å². The van der Waals surface area contributed by atoms with Crippen LogP contribution in [-0.2, 0) is 14.6 Å². The van der Waals surface area contributed by atoms with Gasteiger partial charge in [0.25, 0.3) is 0 Å². The zero-order valence-corrected chi connectivity index (χ0v) is 10.5. The number of benzene rings is 2. The predicted octanol–water partition coefficient (Wildman–Crippen LogP) is 2.73. The van der Waals surface area contributed by atoms with Crippen LogP contribution < -0.4 is 0 Å². The summed E-state index contributed by atoms with van der Waals surface area (Å²) in [7, 11) is -4.62. The Morgan fingerprint density at radius 3 is 2.00 bits per heavy atom. The molecule has 0 aromatic heterocycles. The molecule has 2 rings (SSSR count). The zero-order chi connectivity index (χ0) is 13.9. The lowest BCUT2D eigenvalue weighted by molar-refractivity contribution is 0.216. The van der Waals surface area contributed by atoms with E-state index in [9.17, 15) is 12.8 Å². The van der Waals surface area contributed by atoms with Crippen LogP contribution in [0.5, 0.6) is 0 Å². The molecule has 0 aliphatic rings. The molecular weight excluding hydrogens is 271 g/mol. The van der Waals surface area contributed by atoms with Crippen LogP contribution in [0.4, 0.5) is 4.39 Å². The fourth-order valence-electron chi connectivity index (χ4n) is 1.69. The van der Waals surface area contributed by atoms with Crippen molar-refractivity contribution >= 4 is 10.4 Å². The molecule has 0 saturated carbocycles. The smallest absolute Gasteiger partial charge is 0.264 e. The molecule has 0 saturated heterocycles. The van der Waals surface area contributed by atoms with Gasteiger partial charge in [0.2, 0.25) is 0 Å². The third-order valence-electron chi connectivity index (χ3n) is 2.49. The van der Waals surface area contributed by atoms with Crippen LogP contribution in [0.25, 0.3) is 0 Å². The van der Waals surface area contributed by atoms with Crippen LogP contribution in [0, 0.1) is 5.82 Å². The van der Waals surface area contributed by atoms with Gasteiger partial charge >= 0.3 is 10.4 Å². The second-order valence-corrected chi connectivity index (χ2v) is 4.91. The Hall–Kier alpha value is -1.76. The van der Waals surface area contributed by atoms with Crippen LogP contribution in [0.3, 0.4) is 0 Å². The molecule has 1 unspecified atom stereocenters. The molecule has 4 nitrogen and oxygen atoms in total. The second kappa shape index (κ2) is 5.48. The second-order valence-electron chi connectivity index (χ2n) is 3.87. The molecule has 2 aromatic carbocycles. The highest BCUT2D eigenvalue weighted by atomic mass is 32.3. The van der Waals surface area contributed by atoms with Crippen molar-refractivity contribution in [1.29, 1.82) is 0 Å². The SMILES string of the molecule is O=S(=O)(O)OC(c1ccccc1)c1ccc(F)cc1. The number of hydrogen-bond acceptors (Lipinski definition) is 3. The Bertz CT molecular complexity index is 638. The van der Waals surface area contributed by atoms with Gasteiger partial charge in [-0.3, -0.25) is 4.55 Å². The molecule has 0 spiro atoms. The van der Waals surface area contributed by atoms with E-state index in [1.165, 1.54) is 24.3 Å². The Morgan fingerprint density at radius 2 is 1.47 bits per heavy atom. The van der Waals surface area contributed by atoms with Crippen molar-refractivity contribution in [3.63, 3.8) is 0 Å². The van der Waals surface area contributed by atoms with Gasteiger partial charge in [-0.05, 0) is 23.3 Å². The maximum Gasteiger partial charge on any atom is 0.398 e. The van der Waals surface area contributed by atoms with Gasteiger partial charge in [0.15, 0.2) is 0 Å². The summed E-state index contributed by atoms with van der Waals surface area (Å²) in [6.45, 7) is 0. The highest BCUT2D eigenvalue weighted by Crippen LogP contribution is 2.27. The van der Waals surface area contributed by atoms with Gasteiger partial charge in [-0.15, -0.1) is 0 Å². The van der Waals surface area contributed by atoms with E-state index in [0.717, 1.165) is 0 Å². The third kappa shape index (κ3) is 3.85. The Labute approximate surface area is 110 Å². The average molecular weight is 282 g/mol. The molecule has 6 heteroatoms. The quantitative estimate of drug-likeness (QED) is 0.876. The van der Waals surface area contributed by atoms with E-state index in [4.69, 9.17) is 4.55 Å². The largest absolute Gasteiger partial charge is 0.398 e. The van der Waals surface area contributed by atoms with Gasteiger partial charge in [-0.1, -0.05) is 42.5 Å². The number of hydrogen-bond donors (Lipinski definition) is 1. The lowest BCUT2D eigenvalue weighted by Gasteiger charge is -2.16. The first-order valence-electron chi connectivity index (χ1n) is 5.42. The first-order valence-corrected chi connectivity index (χ1v) is 6.78. The summed E-state index contributed by atoms with van der Waals surface area (Å²) < 4.78 is 48.2. The van der Waals surface area contributed by atoms with E-state index in [-0.39, 0.29) is 0 Å². The van der Waals surface area contributed by atoms with Gasteiger partial charge in [-0.25, -0.2) is 8.57 Å². The van der Waals surface area contributed by atoms with Gasteiger partial charge < -0.3 is 0 Å². The Balaban J connectivity index is 2.43. The molecule has 0 heterocycles. The standard InChI is InChI=1S/C13H11FO4S/c14-12-8-6-11(7-9-12)13(18-19(15,16)17)10-4-2-1-3-5-10/h1-9,13H,(H,15,16,17). The Morgan fingerprint density at radius 1 is 0.947 bits per heavy atom. The van der Waals surface area contributed by atoms with Crippen molar-refractivity contribution in [1.82, 2.24) is 0 Å². The normalized spacial score (nSPS) is 13.2.